The second-order valence-corrected chi connectivity index (χ2v) is 23.6. The quantitative estimate of drug-likeness (QED) is 0.0818. The maximum absolute atomic E-state index is 14.3. The Labute approximate surface area is 574 Å². The number of carbonyl (C=O) groups excluding carboxylic acids is 8. The highest BCUT2D eigenvalue weighted by Crippen LogP contribution is 2.09. The topological polar surface area (TPSA) is 371 Å². The van der Waals surface area contributed by atoms with Crippen molar-refractivity contribution in [3.63, 3.8) is 0 Å². The van der Waals surface area contributed by atoms with Gasteiger partial charge in [-0.05, 0) is 59.7 Å². The second-order valence-electron chi connectivity index (χ2n) is 23.6. The van der Waals surface area contributed by atoms with Crippen molar-refractivity contribution in [3.05, 3.63) is 207 Å². The molecule has 4 unspecified atom stereocenters. The first-order valence-corrected chi connectivity index (χ1v) is 33.0. The Morgan fingerprint density at radius 3 is 0.810 bits per heavy atom. The predicted octanol–water partition coefficient (Wildman–Crippen LogP) is -3.11. The number of nitrogens with zero attached hydrogens (tertiary/aromatic N) is 8. The van der Waals surface area contributed by atoms with E-state index in [9.17, 15) is 57.5 Å². The molecule has 8 N–H and O–H groups in total. The van der Waals surface area contributed by atoms with Crippen molar-refractivity contribution in [3.8, 4) is 0 Å². The molecule has 32 nitrogen and oxygen atoms in total. The molecule has 4 aromatic heterocycles. The molecule has 0 saturated heterocycles. The van der Waals surface area contributed by atoms with Crippen LogP contribution in [0.25, 0.3) is 0 Å². The predicted molar refractivity (Wildman–Crippen MR) is 364 cm³/mol. The summed E-state index contributed by atoms with van der Waals surface area (Å²) in [4.78, 5) is 187. The Kier molecular flexibility index (Phi) is 27.1. The Morgan fingerprint density at radius 1 is 0.290 bits per heavy atom. The van der Waals surface area contributed by atoms with E-state index in [1.54, 1.807) is 48.5 Å². The van der Waals surface area contributed by atoms with E-state index >= 15 is 0 Å². The third-order valence-electron chi connectivity index (χ3n) is 16.9. The highest BCUT2D eigenvalue weighted by Gasteiger charge is 2.26. The van der Waals surface area contributed by atoms with E-state index in [1.807, 2.05) is 31.7 Å². The summed E-state index contributed by atoms with van der Waals surface area (Å²) in [5, 5.41) is 22.5. The molecule has 20 rings (SSSR count). The summed E-state index contributed by atoms with van der Waals surface area (Å²) in [5.41, 5.74) is -3.42. The summed E-state index contributed by atoms with van der Waals surface area (Å²) < 4.78 is 16.1. The molecule has 2 aromatic carbocycles. The number of hydrogen-bond acceptors (Lipinski definition) is 20. The number of ether oxygens (including phenoxy) is 2. The molecule has 18 heterocycles. The van der Waals surface area contributed by atoms with Crippen molar-refractivity contribution in [2.45, 2.75) is 13.2 Å². The number of pyridine rings is 4. The molecule has 532 valence electrons. The third kappa shape index (κ3) is 20.3. The molecule has 14 aliphatic heterocycles. The van der Waals surface area contributed by atoms with Gasteiger partial charge in [0, 0.05) is 145 Å². The number of aromatic nitrogens is 4. The average molecular weight is 1380 g/mol. The van der Waals surface area contributed by atoms with Gasteiger partial charge < -0.3 is 70.8 Å². The van der Waals surface area contributed by atoms with Crippen molar-refractivity contribution in [1.29, 1.82) is 0 Å². The summed E-state index contributed by atoms with van der Waals surface area (Å²) in [6.45, 7) is 2.21. The van der Waals surface area contributed by atoms with Crippen LogP contribution < -0.4 is 74.4 Å². The van der Waals surface area contributed by atoms with Gasteiger partial charge in [0.15, 0.2) is 0 Å². The molecule has 8 amide bonds. The Morgan fingerprint density at radius 2 is 0.530 bits per heavy atom. The van der Waals surface area contributed by atoms with Crippen LogP contribution in [0.4, 0.5) is 0 Å². The van der Waals surface area contributed by atoms with Crippen molar-refractivity contribution >= 4 is 47.3 Å². The van der Waals surface area contributed by atoms with E-state index in [0.29, 0.717) is 11.1 Å². The van der Waals surface area contributed by atoms with Crippen LogP contribution >= 0.6 is 0 Å². The average Bonchev–Trinajstić information content (AvgIpc) is 0.842. The molecule has 0 aliphatic carbocycles. The highest BCUT2D eigenvalue weighted by molar-refractivity contribution is 5.99. The maximum atomic E-state index is 14.3. The summed E-state index contributed by atoms with van der Waals surface area (Å²) in [6.07, 6.45) is 0. The molecular formula is C68H84N16O16. The van der Waals surface area contributed by atoms with Crippen LogP contribution in [-0.4, -0.2) is 243 Å². The minimum absolute atomic E-state index is 0.00142. The number of amides is 8. The number of hydrogen-bond donors (Lipinski definition) is 8. The van der Waals surface area contributed by atoms with Crippen molar-refractivity contribution < 1.29 is 57.5 Å². The first kappa shape index (κ1) is 73.6. The largest absolute Gasteiger partial charge is 0.405 e. The lowest BCUT2D eigenvalue weighted by Crippen LogP contribution is -2.45. The minimum atomic E-state index is -0.901. The van der Waals surface area contributed by atoms with Gasteiger partial charge in [0.2, 0.25) is 0 Å². The summed E-state index contributed by atoms with van der Waals surface area (Å²) in [5.74, 6) is -5.54. The zero-order chi connectivity index (χ0) is 70.9. The van der Waals surface area contributed by atoms with Gasteiger partial charge in [-0.15, -0.1) is 9.46 Å². The van der Waals surface area contributed by atoms with E-state index in [1.165, 1.54) is 62.6 Å². The van der Waals surface area contributed by atoms with Crippen molar-refractivity contribution in [1.82, 2.24) is 80.7 Å². The van der Waals surface area contributed by atoms with Gasteiger partial charge in [0.05, 0.1) is 26.4 Å². The molecular weight excluding hydrogens is 1300 g/mol. The van der Waals surface area contributed by atoms with Crippen LogP contribution in [-0.2, 0) is 36.8 Å². The van der Waals surface area contributed by atoms with Gasteiger partial charge in [-0.25, -0.2) is 0 Å². The number of nitrogens with one attached hydrogen (secondary N) is 8. The zero-order valence-corrected chi connectivity index (χ0v) is 55.9. The lowest BCUT2D eigenvalue weighted by atomic mass is 10.2. The fourth-order valence-electron chi connectivity index (χ4n) is 11.2. The Balaban J connectivity index is 1.04. The van der Waals surface area contributed by atoms with Gasteiger partial charge in [0.1, 0.15) is 58.2 Å². The lowest BCUT2D eigenvalue weighted by molar-refractivity contribution is 0.0680. The van der Waals surface area contributed by atoms with E-state index in [2.05, 4.69) is 42.5 Å². The van der Waals surface area contributed by atoms with Crippen LogP contribution in [0.1, 0.15) is 94.5 Å². The number of benzene rings is 2. The molecule has 0 spiro atoms. The fraction of sp³-hybridized carbons (Fsp3) is 0.412. The molecule has 0 fully saturated rings. The monoisotopic (exact) mass is 1380 g/mol. The van der Waals surface area contributed by atoms with Crippen LogP contribution in [0, 0.1) is 0 Å². The number of carbonyl (C=O) groups is 8. The zero-order valence-electron chi connectivity index (χ0n) is 55.9. The first-order valence-electron chi connectivity index (χ1n) is 33.0. The smallest absolute Gasteiger partial charge is 0.296 e. The molecule has 4 atom stereocenters. The standard InChI is InChI=1S/C68H84N16O16/c1-77-53-17-13-49(65(77)93)57(85)69-21-29-81-35-27-75-63(91)55-19-15-51(67(95)83(55)99-45-47-9-5-3-6-10-47)59(87)71-23-31-79(33-25-73-61(53)89)37-41-97-44-40-82-30-22-70-58(86)50-14-18-54(78(2)66(50)94)62(90)74-26-34-80(38-42-98-43-39-81)32-24-72-60(88)52-16-20-56(64(92)76-28-36-82)84(68(52)96)100-46-48-11-7-4-8-12-48/h3-20H,21-46H2,1-2H3,(H,69,85)(H,70,86)(H,71,87)(H,72,88)(H,73,89)(H,74,90)(H,75,91)(H,76,92). The van der Waals surface area contributed by atoms with E-state index in [-0.39, 0.29) is 216 Å². The van der Waals surface area contributed by atoms with Gasteiger partial charge in [-0.1, -0.05) is 60.7 Å². The Hall–Kier alpha value is -10.6. The van der Waals surface area contributed by atoms with Gasteiger partial charge >= 0.3 is 0 Å². The molecule has 6 aromatic rings. The molecule has 12 bridgehead atoms. The molecule has 0 saturated carbocycles. The van der Waals surface area contributed by atoms with Crippen LogP contribution in [0.5, 0.6) is 0 Å². The van der Waals surface area contributed by atoms with Gasteiger partial charge in [0.25, 0.3) is 69.5 Å². The van der Waals surface area contributed by atoms with Crippen molar-refractivity contribution in [2.24, 2.45) is 14.1 Å². The van der Waals surface area contributed by atoms with E-state index in [0.717, 1.165) is 18.6 Å². The summed E-state index contributed by atoms with van der Waals surface area (Å²) >= 11 is 0. The van der Waals surface area contributed by atoms with Crippen LogP contribution in [0.2, 0.25) is 0 Å². The lowest BCUT2D eigenvalue weighted by Gasteiger charge is -2.25. The van der Waals surface area contributed by atoms with E-state index in [4.69, 9.17) is 19.1 Å². The molecule has 0 radical (unpaired) electrons. The minimum Gasteiger partial charge on any atom is -0.405 e. The molecule has 100 heavy (non-hydrogen) atoms. The Bertz CT molecular complexity index is 3880. The van der Waals surface area contributed by atoms with Gasteiger partial charge in [-0.2, -0.15) is 0 Å². The third-order valence-corrected chi connectivity index (χ3v) is 16.9. The fourth-order valence-corrected chi connectivity index (χ4v) is 11.2. The normalized spacial score (nSPS) is 20.1. The van der Waals surface area contributed by atoms with Gasteiger partial charge in [-0.3, -0.25) is 77.1 Å². The highest BCUT2D eigenvalue weighted by atomic mass is 16.7. The summed E-state index contributed by atoms with van der Waals surface area (Å²) in [6, 6.07) is 28.3. The van der Waals surface area contributed by atoms with Crippen molar-refractivity contribution in [2.75, 3.05) is 157 Å². The molecule has 32 heteroatoms. The first-order chi connectivity index (χ1) is 48.4. The van der Waals surface area contributed by atoms with E-state index < -0.39 is 69.5 Å². The number of rotatable bonds is 6. The second kappa shape index (κ2) is 36.8. The van der Waals surface area contributed by atoms with Crippen LogP contribution in [0.3, 0.4) is 0 Å². The van der Waals surface area contributed by atoms with Crippen LogP contribution in [0.15, 0.2) is 128 Å². The SMILES string of the molecule is Cn1c2ccc(c1=O)C(=O)NCCN1CCNC(=O)c3ccc(c(=O)n3OCc3ccccc3)C(=O)NCCN(CCNC2=O)CCOCCN2CCNC(=O)c3ccc(n(C)c3=O)C(=O)NCCN(CCNC(=O)c3ccc(n(OCc4ccccc4)c3=O)C(=O)NCC2)CCOCC1. The maximum Gasteiger partial charge on any atom is 0.296 e. The summed E-state index contributed by atoms with van der Waals surface area (Å²) in [7, 11) is 2.76. The molecule has 14 aliphatic rings.